The van der Waals surface area contributed by atoms with Gasteiger partial charge in [0, 0.05) is 22.5 Å². The van der Waals surface area contributed by atoms with Gasteiger partial charge in [0.2, 0.25) is 0 Å². The fourth-order valence-electron chi connectivity index (χ4n) is 2.32. The molecule has 1 aromatic carbocycles. The van der Waals surface area contributed by atoms with E-state index in [9.17, 15) is 4.79 Å². The van der Waals surface area contributed by atoms with Crippen LogP contribution in [-0.2, 0) is 0 Å². The first-order valence-electron chi connectivity index (χ1n) is 5.87. The first-order chi connectivity index (χ1) is 9.34. The van der Waals surface area contributed by atoms with Gasteiger partial charge in [0.15, 0.2) is 0 Å². The summed E-state index contributed by atoms with van der Waals surface area (Å²) >= 11 is 1.48. The summed E-state index contributed by atoms with van der Waals surface area (Å²) in [4.78, 5) is 18.8. The maximum atomic E-state index is 11.9. The number of nitrogens with zero attached hydrogens (tertiary/aromatic N) is 2. The number of H-pyrrole nitrogens is 1. The van der Waals surface area contributed by atoms with Crippen molar-refractivity contribution in [1.82, 2.24) is 14.5 Å². The summed E-state index contributed by atoms with van der Waals surface area (Å²) in [5.41, 5.74) is 1.74. The lowest BCUT2D eigenvalue weighted by Crippen LogP contribution is -2.03. The Labute approximate surface area is 112 Å². The molecule has 0 aliphatic carbocycles. The maximum absolute atomic E-state index is 11.9. The van der Waals surface area contributed by atoms with Crippen LogP contribution in [0.25, 0.3) is 26.0 Å². The molecular formula is C14H9N3OS. The summed E-state index contributed by atoms with van der Waals surface area (Å²) in [6.07, 6.45) is 5.44. The highest BCUT2D eigenvalue weighted by Gasteiger charge is 2.13. The Morgan fingerprint density at radius 3 is 2.84 bits per heavy atom. The second kappa shape index (κ2) is 3.80. The summed E-state index contributed by atoms with van der Waals surface area (Å²) in [5.74, 6) is 0. The standard InChI is InChI=1S/C14H9N3OS/c18-14-13-12(15-8-16-14)11-9(17-6-1-2-7-17)4-3-5-10(11)19-13/h1-8H,(H,15,16,18). The van der Waals surface area contributed by atoms with Crippen molar-refractivity contribution in [2.24, 2.45) is 0 Å². The zero-order chi connectivity index (χ0) is 12.8. The van der Waals surface area contributed by atoms with Crippen LogP contribution in [0.1, 0.15) is 0 Å². The number of hydrogen-bond donors (Lipinski definition) is 1. The van der Waals surface area contributed by atoms with E-state index >= 15 is 0 Å². The number of nitrogens with one attached hydrogen (secondary N) is 1. The molecule has 3 aromatic heterocycles. The van der Waals surface area contributed by atoms with Crippen LogP contribution in [-0.4, -0.2) is 14.5 Å². The lowest BCUT2D eigenvalue weighted by Gasteiger charge is -2.04. The normalized spacial score (nSPS) is 11.4. The van der Waals surface area contributed by atoms with Gasteiger partial charge in [-0.15, -0.1) is 11.3 Å². The molecule has 92 valence electrons. The summed E-state index contributed by atoms with van der Waals surface area (Å²) in [6, 6.07) is 10.0. The third-order valence-corrected chi connectivity index (χ3v) is 4.29. The van der Waals surface area contributed by atoms with E-state index in [0.29, 0.717) is 4.70 Å². The predicted octanol–water partition coefficient (Wildman–Crippen LogP) is 2.93. The van der Waals surface area contributed by atoms with E-state index in [-0.39, 0.29) is 5.56 Å². The van der Waals surface area contributed by atoms with Gasteiger partial charge < -0.3 is 9.55 Å². The molecule has 0 amide bonds. The Balaban J connectivity index is 2.24. The number of thiophene rings is 1. The molecule has 0 aliphatic heterocycles. The third-order valence-electron chi connectivity index (χ3n) is 3.15. The highest BCUT2D eigenvalue weighted by Crippen LogP contribution is 2.34. The number of aromatic nitrogens is 3. The molecule has 0 fully saturated rings. The fourth-order valence-corrected chi connectivity index (χ4v) is 3.40. The van der Waals surface area contributed by atoms with Crippen LogP contribution in [0.15, 0.2) is 53.8 Å². The van der Waals surface area contributed by atoms with Gasteiger partial charge in [-0.25, -0.2) is 4.98 Å². The second-order valence-electron chi connectivity index (χ2n) is 4.25. The minimum atomic E-state index is -0.0790. The molecule has 4 nitrogen and oxygen atoms in total. The molecule has 4 aromatic rings. The molecule has 3 heterocycles. The minimum absolute atomic E-state index is 0.0790. The Morgan fingerprint density at radius 1 is 1.16 bits per heavy atom. The van der Waals surface area contributed by atoms with E-state index in [1.165, 1.54) is 17.7 Å². The fraction of sp³-hybridized carbons (Fsp3) is 0. The molecule has 0 spiro atoms. The zero-order valence-corrected chi connectivity index (χ0v) is 10.6. The van der Waals surface area contributed by atoms with Crippen molar-refractivity contribution in [1.29, 1.82) is 0 Å². The van der Waals surface area contributed by atoms with E-state index in [1.807, 2.05) is 47.3 Å². The Bertz CT molecular complexity index is 934. The number of hydrogen-bond acceptors (Lipinski definition) is 3. The van der Waals surface area contributed by atoms with Crippen molar-refractivity contribution in [2.75, 3.05) is 0 Å². The Hall–Kier alpha value is -2.40. The maximum Gasteiger partial charge on any atom is 0.268 e. The minimum Gasteiger partial charge on any atom is -0.323 e. The molecule has 0 atom stereocenters. The van der Waals surface area contributed by atoms with E-state index < -0.39 is 0 Å². The first-order valence-corrected chi connectivity index (χ1v) is 6.68. The average molecular weight is 267 g/mol. The lowest BCUT2D eigenvalue weighted by molar-refractivity contribution is 1.09. The smallest absolute Gasteiger partial charge is 0.268 e. The van der Waals surface area contributed by atoms with Crippen molar-refractivity contribution in [2.45, 2.75) is 0 Å². The van der Waals surface area contributed by atoms with Gasteiger partial charge in [-0.2, -0.15) is 0 Å². The van der Waals surface area contributed by atoms with Crippen molar-refractivity contribution >= 4 is 31.6 Å². The van der Waals surface area contributed by atoms with Gasteiger partial charge in [0.05, 0.1) is 17.5 Å². The van der Waals surface area contributed by atoms with Crippen LogP contribution in [0.3, 0.4) is 0 Å². The molecule has 0 saturated heterocycles. The van der Waals surface area contributed by atoms with E-state index in [1.54, 1.807) is 0 Å². The second-order valence-corrected chi connectivity index (χ2v) is 5.30. The number of aromatic amines is 1. The molecule has 4 rings (SSSR count). The van der Waals surface area contributed by atoms with Gasteiger partial charge in [-0.05, 0) is 24.3 Å². The van der Waals surface area contributed by atoms with E-state index in [0.717, 1.165) is 21.3 Å². The monoisotopic (exact) mass is 267 g/mol. The Kier molecular flexibility index (Phi) is 2.10. The largest absolute Gasteiger partial charge is 0.323 e. The zero-order valence-electron chi connectivity index (χ0n) is 9.83. The number of rotatable bonds is 1. The van der Waals surface area contributed by atoms with Gasteiger partial charge in [-0.1, -0.05) is 6.07 Å². The summed E-state index contributed by atoms with van der Waals surface area (Å²) in [6.45, 7) is 0. The highest BCUT2D eigenvalue weighted by atomic mass is 32.1. The average Bonchev–Trinajstić information content (AvgIpc) is 3.06. The van der Waals surface area contributed by atoms with Crippen LogP contribution < -0.4 is 5.56 Å². The van der Waals surface area contributed by atoms with Crippen molar-refractivity contribution in [3.8, 4) is 5.69 Å². The van der Waals surface area contributed by atoms with Crippen LogP contribution in [0.5, 0.6) is 0 Å². The topological polar surface area (TPSA) is 50.7 Å². The molecule has 19 heavy (non-hydrogen) atoms. The Morgan fingerprint density at radius 2 is 2.00 bits per heavy atom. The van der Waals surface area contributed by atoms with E-state index in [4.69, 9.17) is 0 Å². The molecule has 5 heteroatoms. The molecule has 1 N–H and O–H groups in total. The molecular weight excluding hydrogens is 258 g/mol. The van der Waals surface area contributed by atoms with Crippen LogP contribution >= 0.6 is 11.3 Å². The molecule has 0 saturated carbocycles. The number of fused-ring (bicyclic) bond motifs is 3. The van der Waals surface area contributed by atoms with Gasteiger partial charge in [0.1, 0.15) is 4.70 Å². The lowest BCUT2D eigenvalue weighted by atomic mass is 10.2. The van der Waals surface area contributed by atoms with Gasteiger partial charge in [0.25, 0.3) is 5.56 Å². The van der Waals surface area contributed by atoms with Crippen molar-refractivity contribution < 1.29 is 0 Å². The van der Waals surface area contributed by atoms with Gasteiger partial charge >= 0.3 is 0 Å². The van der Waals surface area contributed by atoms with Crippen molar-refractivity contribution in [3.63, 3.8) is 0 Å². The predicted molar refractivity (Wildman–Crippen MR) is 77.1 cm³/mol. The quantitative estimate of drug-likeness (QED) is 0.576. The summed E-state index contributed by atoms with van der Waals surface area (Å²) in [7, 11) is 0. The molecule has 0 bridgehead atoms. The highest BCUT2D eigenvalue weighted by molar-refractivity contribution is 7.25. The third kappa shape index (κ3) is 1.45. The molecule has 0 aliphatic rings. The van der Waals surface area contributed by atoms with Crippen LogP contribution in [0.4, 0.5) is 0 Å². The summed E-state index contributed by atoms with van der Waals surface area (Å²) in [5, 5.41) is 1.03. The van der Waals surface area contributed by atoms with Gasteiger partial charge in [-0.3, -0.25) is 4.79 Å². The summed E-state index contributed by atoms with van der Waals surface area (Å²) < 4.78 is 3.79. The number of benzene rings is 1. The molecule has 0 radical (unpaired) electrons. The van der Waals surface area contributed by atoms with Crippen molar-refractivity contribution in [3.05, 3.63) is 59.4 Å². The van der Waals surface area contributed by atoms with Crippen LogP contribution in [0.2, 0.25) is 0 Å². The van der Waals surface area contributed by atoms with Crippen LogP contribution in [0, 0.1) is 0 Å². The SMILES string of the molecule is O=c1[nH]cnc2c1sc1cccc(-n3cccc3)c12. The molecule has 0 unspecified atom stereocenters. The van der Waals surface area contributed by atoms with E-state index in [2.05, 4.69) is 9.97 Å². The first kappa shape index (κ1) is 10.5.